The van der Waals surface area contributed by atoms with Crippen molar-refractivity contribution in [3.63, 3.8) is 0 Å². The molecule has 1 heterocycles. The highest BCUT2D eigenvalue weighted by atomic mass is 32.2. The summed E-state index contributed by atoms with van der Waals surface area (Å²) in [5.74, 6) is -0.0606. The Morgan fingerprint density at radius 3 is 2.78 bits per heavy atom. The molecule has 0 saturated carbocycles. The first-order chi connectivity index (χ1) is 8.74. The number of carboxylic acid groups (broad SMARTS) is 1. The van der Waals surface area contributed by atoms with Crippen molar-refractivity contribution in [3.8, 4) is 0 Å². The number of benzene rings is 1. The highest BCUT2D eigenvalue weighted by molar-refractivity contribution is 8.00. The molecule has 1 aromatic carbocycles. The second-order valence-electron chi connectivity index (χ2n) is 3.50. The predicted octanol–water partition coefficient (Wildman–Crippen LogP) is 3.53. The zero-order valence-corrected chi connectivity index (χ0v) is 11.1. The first kappa shape index (κ1) is 12.9. The van der Waals surface area contributed by atoms with E-state index in [2.05, 4.69) is 4.98 Å². The molecule has 0 aliphatic carbocycles. The molecule has 0 aliphatic rings. The van der Waals surface area contributed by atoms with E-state index in [9.17, 15) is 4.79 Å². The highest BCUT2D eigenvalue weighted by Crippen LogP contribution is 2.24. The van der Waals surface area contributed by atoms with E-state index in [1.165, 1.54) is 5.56 Å². The van der Waals surface area contributed by atoms with Crippen molar-refractivity contribution < 1.29 is 9.90 Å². The molecule has 0 saturated heterocycles. The molecule has 0 fully saturated rings. The van der Waals surface area contributed by atoms with Crippen molar-refractivity contribution in [2.75, 3.05) is 0 Å². The van der Waals surface area contributed by atoms with Gasteiger partial charge in [0.2, 0.25) is 0 Å². The van der Waals surface area contributed by atoms with Gasteiger partial charge in [0, 0.05) is 23.4 Å². The van der Waals surface area contributed by atoms with E-state index in [-0.39, 0.29) is 0 Å². The van der Waals surface area contributed by atoms with Gasteiger partial charge in [-0.1, -0.05) is 36.0 Å². The molecular formula is C13H11NO2S2. The quantitative estimate of drug-likeness (QED) is 0.671. The zero-order chi connectivity index (χ0) is 12.8. The summed E-state index contributed by atoms with van der Waals surface area (Å²) >= 11 is 3.33. The lowest BCUT2D eigenvalue weighted by Crippen LogP contribution is -1.86. The van der Waals surface area contributed by atoms with Gasteiger partial charge in [0.15, 0.2) is 0 Å². The van der Waals surface area contributed by atoms with Gasteiger partial charge in [0.1, 0.15) is 4.34 Å². The Labute approximate surface area is 113 Å². The van der Waals surface area contributed by atoms with Gasteiger partial charge in [-0.25, -0.2) is 9.78 Å². The molecule has 1 aromatic heterocycles. The molecule has 92 valence electrons. The first-order valence-electron chi connectivity index (χ1n) is 5.26. The van der Waals surface area contributed by atoms with Crippen molar-refractivity contribution in [2.45, 2.75) is 10.1 Å². The number of aromatic nitrogens is 1. The van der Waals surface area contributed by atoms with E-state index >= 15 is 0 Å². The van der Waals surface area contributed by atoms with Gasteiger partial charge in [0.05, 0.1) is 0 Å². The third kappa shape index (κ3) is 4.01. The van der Waals surface area contributed by atoms with Crippen LogP contribution in [0.25, 0.3) is 6.08 Å². The smallest absolute Gasteiger partial charge is 0.328 e. The highest BCUT2D eigenvalue weighted by Gasteiger charge is 1.98. The van der Waals surface area contributed by atoms with Gasteiger partial charge in [0.25, 0.3) is 0 Å². The van der Waals surface area contributed by atoms with Crippen LogP contribution in [0.2, 0.25) is 0 Å². The summed E-state index contributed by atoms with van der Waals surface area (Å²) in [5.41, 5.74) is 2.09. The summed E-state index contributed by atoms with van der Waals surface area (Å²) in [5, 5.41) is 10.5. The lowest BCUT2D eigenvalue weighted by Gasteiger charge is -2.00. The van der Waals surface area contributed by atoms with Crippen molar-refractivity contribution >= 4 is 35.1 Å². The molecule has 3 nitrogen and oxygen atoms in total. The SMILES string of the molecule is O=C(O)/C=C/c1ccc(CSc2nccs2)cc1. The molecule has 0 radical (unpaired) electrons. The van der Waals surface area contributed by atoms with E-state index in [4.69, 9.17) is 5.11 Å². The summed E-state index contributed by atoms with van der Waals surface area (Å²) in [7, 11) is 0. The number of carboxylic acids is 1. The van der Waals surface area contributed by atoms with Gasteiger partial charge in [-0.2, -0.15) is 0 Å². The fourth-order valence-corrected chi connectivity index (χ4v) is 2.91. The minimum atomic E-state index is -0.932. The van der Waals surface area contributed by atoms with Crippen LogP contribution < -0.4 is 0 Å². The summed E-state index contributed by atoms with van der Waals surface area (Å²) in [6.45, 7) is 0. The van der Waals surface area contributed by atoms with Crippen LogP contribution in [0.1, 0.15) is 11.1 Å². The van der Waals surface area contributed by atoms with E-state index in [1.54, 1.807) is 35.4 Å². The number of hydrogen-bond donors (Lipinski definition) is 1. The number of aliphatic carboxylic acids is 1. The molecule has 0 spiro atoms. The Kier molecular flexibility index (Phi) is 4.55. The van der Waals surface area contributed by atoms with Crippen molar-refractivity contribution in [1.29, 1.82) is 0 Å². The normalized spacial score (nSPS) is 10.9. The molecule has 0 amide bonds. The number of thiazole rings is 1. The third-order valence-electron chi connectivity index (χ3n) is 2.17. The van der Waals surface area contributed by atoms with E-state index in [1.807, 2.05) is 29.6 Å². The van der Waals surface area contributed by atoms with Crippen molar-refractivity contribution in [1.82, 2.24) is 4.98 Å². The molecule has 2 aromatic rings. The zero-order valence-electron chi connectivity index (χ0n) is 9.45. The Morgan fingerprint density at radius 1 is 1.39 bits per heavy atom. The van der Waals surface area contributed by atoms with Crippen LogP contribution in [0.15, 0.2) is 46.3 Å². The molecule has 5 heteroatoms. The Morgan fingerprint density at radius 2 is 2.17 bits per heavy atom. The van der Waals surface area contributed by atoms with Crippen LogP contribution in [-0.4, -0.2) is 16.1 Å². The lowest BCUT2D eigenvalue weighted by atomic mass is 10.1. The van der Waals surface area contributed by atoms with Crippen LogP contribution in [0.4, 0.5) is 0 Å². The fraction of sp³-hybridized carbons (Fsp3) is 0.0769. The van der Waals surface area contributed by atoms with Crippen LogP contribution in [0.3, 0.4) is 0 Å². The van der Waals surface area contributed by atoms with E-state index in [0.717, 1.165) is 21.7 Å². The van der Waals surface area contributed by atoms with E-state index in [0.29, 0.717) is 0 Å². The number of thioether (sulfide) groups is 1. The monoisotopic (exact) mass is 277 g/mol. The first-order valence-corrected chi connectivity index (χ1v) is 7.13. The predicted molar refractivity (Wildman–Crippen MR) is 74.8 cm³/mol. The van der Waals surface area contributed by atoms with Crippen LogP contribution in [-0.2, 0) is 10.5 Å². The topological polar surface area (TPSA) is 50.2 Å². The van der Waals surface area contributed by atoms with E-state index < -0.39 is 5.97 Å². The molecular weight excluding hydrogens is 266 g/mol. The number of hydrogen-bond acceptors (Lipinski definition) is 4. The molecule has 18 heavy (non-hydrogen) atoms. The number of rotatable bonds is 5. The van der Waals surface area contributed by atoms with Gasteiger partial charge < -0.3 is 5.11 Å². The maximum atomic E-state index is 10.4. The average Bonchev–Trinajstić information content (AvgIpc) is 2.88. The summed E-state index contributed by atoms with van der Waals surface area (Å²) in [6, 6.07) is 7.83. The van der Waals surface area contributed by atoms with Crippen molar-refractivity contribution in [3.05, 3.63) is 53.0 Å². The molecule has 0 unspecified atom stereocenters. The number of carbonyl (C=O) groups is 1. The maximum Gasteiger partial charge on any atom is 0.328 e. The standard InChI is InChI=1S/C13H11NO2S2/c15-12(16)6-5-10-1-3-11(4-2-10)9-18-13-14-7-8-17-13/h1-8H,9H2,(H,15,16)/b6-5+. The summed E-state index contributed by atoms with van der Waals surface area (Å²) < 4.78 is 1.06. The second-order valence-corrected chi connectivity index (χ2v) is 5.62. The molecule has 0 aliphatic heterocycles. The average molecular weight is 277 g/mol. The minimum absolute atomic E-state index is 0.871. The lowest BCUT2D eigenvalue weighted by molar-refractivity contribution is -0.131. The molecule has 1 N–H and O–H groups in total. The van der Waals surface area contributed by atoms with Gasteiger partial charge in [-0.05, 0) is 17.2 Å². The van der Waals surface area contributed by atoms with Gasteiger partial charge in [-0.15, -0.1) is 11.3 Å². The largest absolute Gasteiger partial charge is 0.478 e. The minimum Gasteiger partial charge on any atom is -0.478 e. The van der Waals surface area contributed by atoms with Crippen LogP contribution in [0, 0.1) is 0 Å². The molecule has 2 rings (SSSR count). The second kappa shape index (κ2) is 6.37. The molecule has 0 bridgehead atoms. The van der Waals surface area contributed by atoms with Crippen LogP contribution >= 0.6 is 23.1 Å². The summed E-state index contributed by atoms with van der Waals surface area (Å²) in [4.78, 5) is 14.6. The van der Waals surface area contributed by atoms with Gasteiger partial charge in [-0.3, -0.25) is 0 Å². The summed E-state index contributed by atoms with van der Waals surface area (Å²) in [6.07, 6.45) is 4.52. The van der Waals surface area contributed by atoms with Crippen molar-refractivity contribution in [2.24, 2.45) is 0 Å². The van der Waals surface area contributed by atoms with Gasteiger partial charge >= 0.3 is 5.97 Å². The Balaban J connectivity index is 1.93. The molecule has 0 atom stereocenters. The Hall–Kier alpha value is -1.59. The Bertz CT molecular complexity index is 533. The van der Waals surface area contributed by atoms with Crippen LogP contribution in [0.5, 0.6) is 0 Å². The number of nitrogens with zero attached hydrogens (tertiary/aromatic N) is 1. The fourth-order valence-electron chi connectivity index (χ4n) is 1.32. The maximum absolute atomic E-state index is 10.4. The third-order valence-corrected chi connectivity index (χ3v) is 4.21.